The molecule has 8 heteroatoms. The molecule has 1 saturated carbocycles. The third-order valence-electron chi connectivity index (χ3n) is 5.25. The molecule has 1 N–H and O–H groups in total. The van der Waals surface area contributed by atoms with Crippen molar-refractivity contribution < 1.29 is 14.3 Å². The van der Waals surface area contributed by atoms with Crippen LogP contribution in [0.25, 0.3) is 0 Å². The van der Waals surface area contributed by atoms with E-state index in [1.165, 1.54) is 12.8 Å². The van der Waals surface area contributed by atoms with E-state index in [1.807, 2.05) is 11.0 Å². The van der Waals surface area contributed by atoms with E-state index in [9.17, 15) is 9.59 Å². The van der Waals surface area contributed by atoms with Crippen LogP contribution in [0.4, 0.5) is 0 Å². The van der Waals surface area contributed by atoms with Crippen LogP contribution < -0.4 is 10.1 Å². The number of amides is 2. The number of hydrogen-bond donors (Lipinski definition) is 1. The van der Waals surface area contributed by atoms with Crippen molar-refractivity contribution in [3.63, 3.8) is 0 Å². The van der Waals surface area contributed by atoms with Gasteiger partial charge in [-0.15, -0.1) is 0 Å². The summed E-state index contributed by atoms with van der Waals surface area (Å²) >= 11 is 0. The first-order valence-electron chi connectivity index (χ1n) is 9.27. The van der Waals surface area contributed by atoms with Crippen LogP contribution >= 0.6 is 0 Å². The first-order valence-corrected chi connectivity index (χ1v) is 9.27. The van der Waals surface area contributed by atoms with E-state index >= 15 is 0 Å². The Morgan fingerprint density at radius 2 is 2.19 bits per heavy atom. The first-order chi connectivity index (χ1) is 13.2. The van der Waals surface area contributed by atoms with Crippen LogP contribution in [0.5, 0.6) is 5.88 Å². The Labute approximate surface area is 157 Å². The Hall–Kier alpha value is -2.90. The van der Waals surface area contributed by atoms with E-state index in [1.54, 1.807) is 30.3 Å². The zero-order valence-corrected chi connectivity index (χ0v) is 15.4. The normalized spacial score (nSPS) is 16.6. The molecule has 3 heterocycles. The molecule has 2 aromatic rings. The number of hydrogen-bond acceptors (Lipinski definition) is 5. The SMILES string of the molecule is COc1nc2c(cc1CNC(=O)Cn1cccn1)C(=O)N(C1CCCC1)C2. The monoisotopic (exact) mass is 369 g/mol. The molecule has 8 nitrogen and oxygen atoms in total. The lowest BCUT2D eigenvalue weighted by Gasteiger charge is -2.22. The van der Waals surface area contributed by atoms with Gasteiger partial charge >= 0.3 is 0 Å². The van der Waals surface area contributed by atoms with Crippen molar-refractivity contribution in [2.24, 2.45) is 0 Å². The number of methoxy groups -OCH3 is 1. The highest BCUT2D eigenvalue weighted by atomic mass is 16.5. The first kappa shape index (κ1) is 17.5. The molecule has 27 heavy (non-hydrogen) atoms. The molecule has 2 aliphatic rings. The molecule has 4 rings (SSSR count). The molecule has 0 unspecified atom stereocenters. The van der Waals surface area contributed by atoms with Gasteiger partial charge in [-0.3, -0.25) is 14.3 Å². The van der Waals surface area contributed by atoms with E-state index in [0.717, 1.165) is 18.5 Å². The maximum Gasteiger partial charge on any atom is 0.256 e. The summed E-state index contributed by atoms with van der Waals surface area (Å²) in [4.78, 5) is 31.4. The number of aromatic nitrogens is 3. The van der Waals surface area contributed by atoms with Crippen LogP contribution in [-0.2, 0) is 24.4 Å². The highest BCUT2D eigenvalue weighted by Gasteiger charge is 2.35. The summed E-state index contributed by atoms with van der Waals surface area (Å²) in [6, 6.07) is 3.89. The number of ether oxygens (including phenoxy) is 1. The van der Waals surface area contributed by atoms with Crippen LogP contribution in [0.1, 0.15) is 47.3 Å². The van der Waals surface area contributed by atoms with Gasteiger partial charge in [0.15, 0.2) is 0 Å². The summed E-state index contributed by atoms with van der Waals surface area (Å²) in [5, 5.41) is 6.86. The average Bonchev–Trinajstić information content (AvgIpc) is 3.41. The average molecular weight is 369 g/mol. The van der Waals surface area contributed by atoms with Crippen molar-refractivity contribution in [1.29, 1.82) is 0 Å². The van der Waals surface area contributed by atoms with Crippen LogP contribution in [0.2, 0.25) is 0 Å². The van der Waals surface area contributed by atoms with Gasteiger partial charge in [0.05, 0.1) is 24.9 Å². The maximum atomic E-state index is 12.8. The van der Waals surface area contributed by atoms with Crippen molar-refractivity contribution in [1.82, 2.24) is 25.0 Å². The van der Waals surface area contributed by atoms with Crippen LogP contribution in [0.15, 0.2) is 24.5 Å². The topological polar surface area (TPSA) is 89.3 Å². The number of nitrogens with one attached hydrogen (secondary N) is 1. The molecule has 142 valence electrons. The molecule has 0 aromatic carbocycles. The van der Waals surface area contributed by atoms with Crippen molar-refractivity contribution in [2.45, 2.75) is 51.4 Å². The Kier molecular flexibility index (Phi) is 4.79. The molecular formula is C19H23N5O3. The zero-order valence-electron chi connectivity index (χ0n) is 15.4. The molecule has 0 spiro atoms. The van der Waals surface area contributed by atoms with Gasteiger partial charge in [0, 0.05) is 30.5 Å². The summed E-state index contributed by atoms with van der Waals surface area (Å²) in [6.45, 7) is 0.934. The second-order valence-electron chi connectivity index (χ2n) is 7.00. The molecule has 0 radical (unpaired) electrons. The molecule has 0 atom stereocenters. The molecule has 2 amide bonds. The minimum Gasteiger partial charge on any atom is -0.481 e. The highest BCUT2D eigenvalue weighted by molar-refractivity contribution is 5.98. The number of pyridine rings is 1. The van der Waals surface area contributed by atoms with E-state index in [2.05, 4.69) is 15.4 Å². The molecule has 1 aliphatic carbocycles. The van der Waals surface area contributed by atoms with Crippen LogP contribution in [-0.4, -0.2) is 44.6 Å². The second-order valence-corrected chi connectivity index (χ2v) is 7.00. The van der Waals surface area contributed by atoms with Crippen LogP contribution in [0, 0.1) is 0 Å². The Morgan fingerprint density at radius 3 is 2.89 bits per heavy atom. The standard InChI is InChI=1S/C19H23N5O3/c1-27-18-13(10-20-17(25)12-23-8-4-7-21-23)9-15-16(22-18)11-24(19(15)26)14-5-2-3-6-14/h4,7-9,14H,2-3,5-6,10-12H2,1H3,(H,20,25). The van der Waals surface area contributed by atoms with Crippen molar-refractivity contribution >= 4 is 11.8 Å². The summed E-state index contributed by atoms with van der Waals surface area (Å²) in [6.07, 6.45) is 7.83. The fourth-order valence-corrected chi connectivity index (χ4v) is 3.87. The molecular weight excluding hydrogens is 346 g/mol. The Morgan fingerprint density at radius 1 is 1.37 bits per heavy atom. The lowest BCUT2D eigenvalue weighted by atomic mass is 10.1. The molecule has 0 saturated heterocycles. The van der Waals surface area contributed by atoms with Gasteiger partial charge in [0.2, 0.25) is 11.8 Å². The fourth-order valence-electron chi connectivity index (χ4n) is 3.87. The van der Waals surface area contributed by atoms with Gasteiger partial charge in [-0.05, 0) is 25.0 Å². The van der Waals surface area contributed by atoms with Gasteiger partial charge in [-0.1, -0.05) is 12.8 Å². The second kappa shape index (κ2) is 7.38. The number of carbonyl (C=O) groups is 2. The van der Waals surface area contributed by atoms with Gasteiger partial charge in [-0.25, -0.2) is 4.98 Å². The largest absolute Gasteiger partial charge is 0.481 e. The predicted molar refractivity (Wildman–Crippen MR) is 97.0 cm³/mol. The minimum absolute atomic E-state index is 0.0381. The fraction of sp³-hybridized carbons (Fsp3) is 0.474. The number of nitrogens with zero attached hydrogens (tertiary/aromatic N) is 4. The van der Waals surface area contributed by atoms with E-state index in [-0.39, 0.29) is 24.9 Å². The predicted octanol–water partition coefficient (Wildman–Crippen LogP) is 1.50. The number of carbonyl (C=O) groups excluding carboxylic acids is 2. The van der Waals surface area contributed by atoms with E-state index in [0.29, 0.717) is 29.6 Å². The number of fused-ring (bicyclic) bond motifs is 1. The zero-order chi connectivity index (χ0) is 18.8. The van der Waals surface area contributed by atoms with Crippen molar-refractivity contribution in [3.8, 4) is 5.88 Å². The lowest BCUT2D eigenvalue weighted by molar-refractivity contribution is -0.122. The maximum absolute atomic E-state index is 12.8. The molecule has 1 fully saturated rings. The van der Waals surface area contributed by atoms with Gasteiger partial charge in [-0.2, -0.15) is 5.10 Å². The Balaban J connectivity index is 1.47. The smallest absolute Gasteiger partial charge is 0.256 e. The van der Waals surface area contributed by atoms with Gasteiger partial charge in [0.25, 0.3) is 5.91 Å². The summed E-state index contributed by atoms with van der Waals surface area (Å²) in [5.74, 6) is 0.325. The van der Waals surface area contributed by atoms with Gasteiger partial charge in [0.1, 0.15) is 6.54 Å². The third kappa shape index (κ3) is 3.51. The summed E-state index contributed by atoms with van der Waals surface area (Å²) in [7, 11) is 1.55. The summed E-state index contributed by atoms with van der Waals surface area (Å²) < 4.78 is 6.95. The minimum atomic E-state index is -0.167. The number of rotatable bonds is 6. The quantitative estimate of drug-likeness (QED) is 0.834. The molecule has 1 aliphatic heterocycles. The van der Waals surface area contributed by atoms with Crippen molar-refractivity contribution in [3.05, 3.63) is 41.3 Å². The van der Waals surface area contributed by atoms with Crippen LogP contribution in [0.3, 0.4) is 0 Å². The third-order valence-corrected chi connectivity index (χ3v) is 5.25. The van der Waals surface area contributed by atoms with Gasteiger partial charge < -0.3 is 15.0 Å². The lowest BCUT2D eigenvalue weighted by Crippen LogP contribution is -2.33. The Bertz CT molecular complexity index is 843. The highest BCUT2D eigenvalue weighted by Crippen LogP contribution is 2.33. The molecule has 0 bridgehead atoms. The van der Waals surface area contributed by atoms with E-state index in [4.69, 9.17) is 4.74 Å². The summed E-state index contributed by atoms with van der Waals surface area (Å²) in [5.41, 5.74) is 2.08. The van der Waals surface area contributed by atoms with E-state index < -0.39 is 0 Å². The molecule has 2 aromatic heterocycles. The van der Waals surface area contributed by atoms with Crippen molar-refractivity contribution in [2.75, 3.05) is 7.11 Å².